The van der Waals surface area contributed by atoms with E-state index >= 15 is 8.78 Å². The van der Waals surface area contributed by atoms with Gasteiger partial charge in [0.05, 0.1) is 18.9 Å². The molecule has 3 fully saturated rings. The van der Waals surface area contributed by atoms with Crippen molar-refractivity contribution in [3.05, 3.63) is 64.5 Å². The van der Waals surface area contributed by atoms with E-state index in [1.165, 1.54) is 31.4 Å². The van der Waals surface area contributed by atoms with Crippen LogP contribution in [0, 0.1) is 46.8 Å². The zero-order chi connectivity index (χ0) is 36.6. The average Bonchev–Trinajstić information content (AvgIpc) is 3.40. The third-order valence-electron chi connectivity index (χ3n) is 10.1. The number of ether oxygens (including phenoxy) is 1. The highest BCUT2D eigenvalue weighted by Crippen LogP contribution is 2.67. The van der Waals surface area contributed by atoms with Crippen LogP contribution < -0.4 is 9.64 Å². The number of benzene rings is 2. The van der Waals surface area contributed by atoms with Crippen LogP contribution in [-0.4, -0.2) is 68.1 Å². The predicted octanol–water partition coefficient (Wildman–Crippen LogP) is 5.30. The van der Waals surface area contributed by atoms with Gasteiger partial charge in [-0.3, -0.25) is 28.9 Å². The number of carboxylic acids is 1. The van der Waals surface area contributed by atoms with Crippen LogP contribution in [0.4, 0.5) is 27.6 Å². The maximum Gasteiger partial charge on any atom is 0.303 e. The van der Waals surface area contributed by atoms with Gasteiger partial charge in [-0.25, -0.2) is 26.9 Å². The van der Waals surface area contributed by atoms with E-state index < -0.39 is 110 Å². The van der Waals surface area contributed by atoms with Crippen LogP contribution in [0.2, 0.25) is 0 Å². The third-order valence-corrected chi connectivity index (χ3v) is 11.6. The normalized spacial score (nSPS) is 28.8. The van der Waals surface area contributed by atoms with Crippen LogP contribution in [0.5, 0.6) is 11.5 Å². The number of unbranched alkanes of at least 4 members (excludes halogenated alkanes) is 2. The molecule has 0 aromatic heterocycles. The number of hydrogen-bond acceptors (Lipinski definition) is 7. The number of amides is 4. The smallest absolute Gasteiger partial charge is 0.303 e. The number of fused-ring (bicyclic) bond motifs is 4. The van der Waals surface area contributed by atoms with Crippen molar-refractivity contribution in [1.29, 1.82) is 0 Å². The number of alkyl halides is 2. The molecule has 6 atom stereocenters. The fourth-order valence-corrected chi connectivity index (χ4v) is 8.81. The molecule has 0 spiro atoms. The molecule has 2 saturated heterocycles. The second kappa shape index (κ2) is 12.5. The second-order valence-electron chi connectivity index (χ2n) is 12.6. The molecule has 2 N–H and O–H groups in total. The Hall–Kier alpha value is -4.24. The number of methoxy groups -OCH3 is 1. The lowest BCUT2D eigenvalue weighted by molar-refractivity contribution is -0.141. The predicted molar refractivity (Wildman–Crippen MR) is 164 cm³/mol. The fraction of sp³-hybridized carbons (Fsp3) is 0.424. The van der Waals surface area contributed by atoms with Gasteiger partial charge in [0.15, 0.2) is 33.0 Å². The Balaban J connectivity index is 1.50. The number of imide groups is 2. The summed E-state index contributed by atoms with van der Waals surface area (Å²) in [6.45, 7) is -0.0417. The highest BCUT2D eigenvalue weighted by atomic mass is 35.5. The monoisotopic (exact) mass is 744 g/mol. The number of phenolic OH excluding ortho intramolecular Hbond substituents is 1. The van der Waals surface area contributed by atoms with Crippen molar-refractivity contribution in [2.45, 2.75) is 54.2 Å². The molecule has 6 rings (SSSR count). The van der Waals surface area contributed by atoms with E-state index in [9.17, 15) is 42.3 Å². The summed E-state index contributed by atoms with van der Waals surface area (Å²) in [6.07, 6.45) is 1.62. The van der Waals surface area contributed by atoms with E-state index in [4.69, 9.17) is 33.0 Å². The fourth-order valence-electron chi connectivity index (χ4n) is 7.89. The lowest BCUT2D eigenvalue weighted by Crippen LogP contribution is -2.60. The first kappa shape index (κ1) is 35.6. The van der Waals surface area contributed by atoms with Crippen molar-refractivity contribution >= 4 is 58.5 Å². The van der Waals surface area contributed by atoms with Crippen molar-refractivity contribution in [3.63, 3.8) is 0 Å². The van der Waals surface area contributed by atoms with Crippen molar-refractivity contribution in [1.82, 2.24) is 4.90 Å². The van der Waals surface area contributed by atoms with Crippen LogP contribution in [0.25, 0.3) is 0 Å². The summed E-state index contributed by atoms with van der Waals surface area (Å²) in [5, 5.41) is 20.1. The molecule has 50 heavy (non-hydrogen) atoms. The topological polar surface area (TPSA) is 142 Å². The molecule has 1 saturated carbocycles. The minimum absolute atomic E-state index is 0.0417. The van der Waals surface area contributed by atoms with Crippen molar-refractivity contribution in [3.8, 4) is 11.5 Å². The van der Waals surface area contributed by atoms with E-state index in [2.05, 4.69) is 0 Å². The van der Waals surface area contributed by atoms with Crippen LogP contribution in [-0.2, 0) is 24.0 Å². The van der Waals surface area contributed by atoms with Gasteiger partial charge in [-0.15, -0.1) is 23.2 Å². The van der Waals surface area contributed by atoms with E-state index in [0.717, 1.165) is 4.90 Å². The number of hydrogen-bond donors (Lipinski definition) is 2. The third kappa shape index (κ3) is 4.83. The number of aromatic hydroxyl groups is 1. The average molecular weight is 745 g/mol. The first-order valence-electron chi connectivity index (χ1n) is 15.5. The SMILES string of the molecule is COc1cccc(O)c1[C@H]1C2=CC[C@@H]3C(=O)N(CCCCCC(=O)O)C(=O)[C@@H]3[C@@H]2C[C@@]2(Cl)C(=O)N(c3c(F)c(F)c(F)c(F)c3F)C(=O)[C@@]12Cl. The highest BCUT2D eigenvalue weighted by Gasteiger charge is 2.77. The summed E-state index contributed by atoms with van der Waals surface area (Å²) in [4.78, 5) is 62.1. The van der Waals surface area contributed by atoms with Gasteiger partial charge in [0.1, 0.15) is 17.2 Å². The summed E-state index contributed by atoms with van der Waals surface area (Å²) < 4.78 is 78.6. The number of carbonyl (C=O) groups excluding carboxylic acids is 4. The van der Waals surface area contributed by atoms with Gasteiger partial charge in [-0.2, -0.15) is 0 Å². The van der Waals surface area contributed by atoms with Gasteiger partial charge < -0.3 is 14.9 Å². The molecule has 2 aromatic carbocycles. The number of allylic oxidation sites excluding steroid dienone is 2. The van der Waals surface area contributed by atoms with Gasteiger partial charge >= 0.3 is 5.97 Å². The Morgan fingerprint density at radius 2 is 1.56 bits per heavy atom. The number of halogens is 7. The Morgan fingerprint density at radius 1 is 0.920 bits per heavy atom. The van der Waals surface area contributed by atoms with Crippen LogP contribution >= 0.6 is 23.2 Å². The van der Waals surface area contributed by atoms with Crippen molar-refractivity contribution in [2.75, 3.05) is 18.6 Å². The number of phenols is 1. The first-order chi connectivity index (χ1) is 23.5. The number of nitrogens with zero attached hydrogens (tertiary/aromatic N) is 2. The summed E-state index contributed by atoms with van der Waals surface area (Å²) in [7, 11) is 1.20. The Morgan fingerprint density at radius 3 is 2.18 bits per heavy atom. The molecule has 17 heteroatoms. The van der Waals surface area contributed by atoms with Crippen LogP contribution in [0.1, 0.15) is 50.0 Å². The largest absolute Gasteiger partial charge is 0.508 e. The molecule has 2 heterocycles. The van der Waals surface area contributed by atoms with Crippen LogP contribution in [0.3, 0.4) is 0 Å². The Labute approximate surface area is 290 Å². The first-order valence-corrected chi connectivity index (χ1v) is 16.2. The molecular weight excluding hydrogens is 718 g/mol. The lowest BCUT2D eigenvalue weighted by atomic mass is 9.56. The summed E-state index contributed by atoms with van der Waals surface area (Å²) >= 11 is 14.2. The quantitative estimate of drug-likeness (QED) is 0.0670. The summed E-state index contributed by atoms with van der Waals surface area (Å²) in [5.74, 6) is -23.6. The maximum absolute atomic E-state index is 15.2. The molecule has 0 bridgehead atoms. The standard InChI is InChI=1S/C33H27Cl2F5N2O8/c1-50-17-7-5-6-16(43)20(17)21-13-9-10-14-19(29(47)41(28(14)46)11-4-2-3-8-18(44)45)15(13)12-32(34)30(48)42(31(49)33(21,32)35)27-25(39)23(37)22(36)24(38)26(27)40/h5-7,9,14-15,19,21,43H,2-4,8,10-12H2,1H3,(H,44,45)/t14-,15+,19-,21+,32+,33-/m0/s1. The Bertz CT molecular complexity index is 1880. The molecule has 266 valence electrons. The van der Waals surface area contributed by atoms with Gasteiger partial charge in [0.2, 0.25) is 17.6 Å². The second-order valence-corrected chi connectivity index (χ2v) is 13.9. The lowest BCUT2D eigenvalue weighted by Gasteiger charge is -2.50. The molecule has 4 amide bonds. The van der Waals surface area contributed by atoms with Gasteiger partial charge in [-0.05, 0) is 43.7 Å². The minimum atomic E-state index is -2.82. The molecule has 10 nitrogen and oxygen atoms in total. The summed E-state index contributed by atoms with van der Waals surface area (Å²) in [6, 6.07) is 3.91. The zero-order valence-electron chi connectivity index (χ0n) is 26.0. The number of rotatable bonds is 9. The van der Waals surface area contributed by atoms with Crippen molar-refractivity contribution < 1.29 is 60.9 Å². The van der Waals surface area contributed by atoms with E-state index in [0.29, 0.717) is 19.3 Å². The molecular formula is C33H27Cl2F5N2O8. The minimum Gasteiger partial charge on any atom is -0.508 e. The molecule has 0 radical (unpaired) electrons. The molecule has 2 aliphatic carbocycles. The molecule has 0 unspecified atom stereocenters. The van der Waals surface area contributed by atoms with Crippen molar-refractivity contribution in [2.24, 2.45) is 17.8 Å². The van der Waals surface area contributed by atoms with Gasteiger partial charge in [0, 0.05) is 24.4 Å². The zero-order valence-corrected chi connectivity index (χ0v) is 27.5. The van der Waals surface area contributed by atoms with E-state index in [-0.39, 0.29) is 41.2 Å². The number of carboxylic acid groups (broad SMARTS) is 1. The number of anilines is 1. The number of carbonyl (C=O) groups is 5. The number of aliphatic carboxylic acids is 1. The highest BCUT2D eigenvalue weighted by molar-refractivity contribution is 6.58. The molecule has 4 aliphatic rings. The van der Waals surface area contributed by atoms with E-state index in [1.807, 2.05) is 0 Å². The molecule has 2 aliphatic heterocycles. The van der Waals surface area contributed by atoms with Crippen LogP contribution in [0.15, 0.2) is 29.8 Å². The van der Waals surface area contributed by atoms with Gasteiger partial charge in [-0.1, -0.05) is 24.1 Å². The van der Waals surface area contributed by atoms with E-state index in [1.54, 1.807) is 0 Å². The van der Waals surface area contributed by atoms with Gasteiger partial charge in [0.25, 0.3) is 11.8 Å². The Kier molecular flexibility index (Phi) is 8.91. The number of likely N-dealkylation sites (tertiary alicyclic amines) is 1. The maximum atomic E-state index is 15.2. The molecule has 2 aromatic rings. The summed E-state index contributed by atoms with van der Waals surface area (Å²) in [5.41, 5.74) is -1.98.